The van der Waals surface area contributed by atoms with Gasteiger partial charge in [0.2, 0.25) is 0 Å². The van der Waals surface area contributed by atoms with Crippen molar-refractivity contribution in [3.63, 3.8) is 0 Å². The van der Waals surface area contributed by atoms with Crippen molar-refractivity contribution in [1.29, 1.82) is 0 Å². The lowest BCUT2D eigenvalue weighted by atomic mass is 10.3. The Bertz CT molecular complexity index is 212. The molecule has 0 bridgehead atoms. The molecule has 0 aliphatic heterocycles. The minimum atomic E-state index is -0.630. The van der Waals surface area contributed by atoms with E-state index in [0.29, 0.717) is 0 Å². The van der Waals surface area contributed by atoms with Crippen LogP contribution in [0.3, 0.4) is 0 Å². The van der Waals surface area contributed by atoms with Gasteiger partial charge < -0.3 is 0 Å². The molecule has 0 heterocycles. The van der Waals surface area contributed by atoms with E-state index in [9.17, 15) is 8.78 Å². The summed E-state index contributed by atoms with van der Waals surface area (Å²) in [6.45, 7) is 0. The van der Waals surface area contributed by atoms with E-state index in [1.807, 2.05) is 0 Å². The summed E-state index contributed by atoms with van der Waals surface area (Å²) >= 11 is 8.06. The largest absolute Gasteiger partial charge is 0.206 e. The molecule has 0 unspecified atom stereocenters. The fourth-order valence-corrected chi connectivity index (χ4v) is 0.964. The second-order valence-electron chi connectivity index (χ2n) is 1.68. The van der Waals surface area contributed by atoms with Gasteiger partial charge in [0.05, 0.1) is 9.50 Å². The van der Waals surface area contributed by atoms with Crippen LogP contribution in [-0.4, -0.2) is 0 Å². The maximum atomic E-state index is 12.5. The second-order valence-corrected chi connectivity index (χ2v) is 2.94. The normalized spacial score (nSPS) is 10.0. The Morgan fingerprint density at radius 3 is 2.30 bits per heavy atom. The highest BCUT2D eigenvalue weighted by atomic mass is 79.9. The van der Waals surface area contributed by atoms with E-state index in [2.05, 4.69) is 15.9 Å². The summed E-state index contributed by atoms with van der Waals surface area (Å²) in [5.74, 6) is -1.19. The first kappa shape index (κ1) is 7.95. The highest BCUT2D eigenvalue weighted by Crippen LogP contribution is 2.22. The van der Waals surface area contributed by atoms with E-state index in [-0.39, 0.29) is 9.50 Å². The third kappa shape index (κ3) is 1.47. The molecule has 0 amide bonds. The van der Waals surface area contributed by atoms with Crippen LogP contribution in [0.4, 0.5) is 8.78 Å². The van der Waals surface area contributed by atoms with E-state index in [1.165, 1.54) is 0 Å². The van der Waals surface area contributed by atoms with Crippen LogP contribution >= 0.6 is 27.5 Å². The Labute approximate surface area is 69.9 Å². The van der Waals surface area contributed by atoms with Crippen molar-refractivity contribution in [2.75, 3.05) is 0 Å². The van der Waals surface area contributed by atoms with Crippen molar-refractivity contribution in [3.05, 3.63) is 33.3 Å². The lowest BCUT2D eigenvalue weighted by Crippen LogP contribution is -1.81. The van der Waals surface area contributed by atoms with Crippen LogP contribution in [0, 0.1) is 11.6 Å². The smallest absolute Gasteiger partial charge is 0.143 e. The molecule has 0 nitrogen and oxygen atoms in total. The van der Waals surface area contributed by atoms with Gasteiger partial charge in [-0.2, -0.15) is 0 Å². The summed E-state index contributed by atoms with van der Waals surface area (Å²) in [5.41, 5.74) is 0. The Morgan fingerprint density at radius 2 is 1.80 bits per heavy atom. The third-order valence-corrected chi connectivity index (χ3v) is 1.86. The van der Waals surface area contributed by atoms with Crippen LogP contribution in [0.5, 0.6) is 0 Å². The Balaban J connectivity index is 3.28. The molecule has 1 rings (SSSR count). The van der Waals surface area contributed by atoms with Gasteiger partial charge in [-0.15, -0.1) is 0 Å². The van der Waals surface area contributed by atoms with Crippen molar-refractivity contribution in [1.82, 2.24) is 0 Å². The molecule has 0 saturated heterocycles. The van der Waals surface area contributed by atoms with E-state index in [4.69, 9.17) is 11.6 Å². The average molecular weight is 227 g/mol. The Kier molecular flexibility index (Phi) is 2.26. The lowest BCUT2D eigenvalue weighted by Gasteiger charge is -1.95. The molecule has 0 radical (unpaired) electrons. The molecule has 0 atom stereocenters. The van der Waals surface area contributed by atoms with Crippen molar-refractivity contribution in [2.45, 2.75) is 0 Å². The van der Waals surface area contributed by atoms with Gasteiger partial charge in [-0.3, -0.25) is 0 Å². The van der Waals surface area contributed by atoms with E-state index in [1.54, 1.807) is 0 Å². The maximum Gasteiger partial charge on any atom is 0.143 e. The average Bonchev–Trinajstić information content (AvgIpc) is 1.84. The first-order valence-electron chi connectivity index (χ1n) is 2.41. The molecule has 0 fully saturated rings. The molecule has 0 aliphatic carbocycles. The molecule has 1 aromatic carbocycles. The minimum Gasteiger partial charge on any atom is -0.206 e. The van der Waals surface area contributed by atoms with E-state index >= 15 is 0 Å². The zero-order valence-electron chi connectivity index (χ0n) is 4.67. The number of hydrogen-bond donors (Lipinski definition) is 0. The standard InChI is InChI=1S/C6H2BrClF2/c7-3-1-6(10)4(8)2-5(3)9/h1-2H. The molecular weight excluding hydrogens is 225 g/mol. The topological polar surface area (TPSA) is 0 Å². The number of halogens is 4. The lowest BCUT2D eigenvalue weighted by molar-refractivity contribution is 0.595. The molecular formula is C6H2BrClF2. The zero-order chi connectivity index (χ0) is 7.72. The SMILES string of the molecule is Fc1cc(Br)c(F)cc1Cl. The van der Waals surface area contributed by atoms with Gasteiger partial charge in [-0.25, -0.2) is 8.78 Å². The fourth-order valence-electron chi connectivity index (χ4n) is 0.498. The number of hydrogen-bond acceptors (Lipinski definition) is 0. The van der Waals surface area contributed by atoms with Gasteiger partial charge in [0.15, 0.2) is 0 Å². The molecule has 0 aliphatic rings. The molecule has 0 N–H and O–H groups in total. The molecule has 0 saturated carbocycles. The molecule has 1 aromatic rings. The maximum absolute atomic E-state index is 12.5. The molecule has 54 valence electrons. The summed E-state index contributed by atoms with van der Waals surface area (Å²) in [5, 5.41) is -0.208. The van der Waals surface area contributed by atoms with Crippen molar-refractivity contribution < 1.29 is 8.78 Å². The minimum absolute atomic E-state index is 0.0781. The van der Waals surface area contributed by atoms with Gasteiger partial charge in [0.1, 0.15) is 11.6 Å². The highest BCUT2D eigenvalue weighted by Gasteiger charge is 2.04. The fraction of sp³-hybridized carbons (Fsp3) is 0. The summed E-state index contributed by atoms with van der Waals surface area (Å²) < 4.78 is 25.0. The van der Waals surface area contributed by atoms with Crippen LogP contribution in [0.15, 0.2) is 16.6 Å². The van der Waals surface area contributed by atoms with Crippen LogP contribution in [-0.2, 0) is 0 Å². The van der Waals surface area contributed by atoms with Crippen LogP contribution in [0.2, 0.25) is 5.02 Å². The van der Waals surface area contributed by atoms with Gasteiger partial charge in [0, 0.05) is 0 Å². The zero-order valence-corrected chi connectivity index (χ0v) is 7.01. The number of rotatable bonds is 0. The quantitative estimate of drug-likeness (QED) is 0.596. The van der Waals surface area contributed by atoms with E-state index in [0.717, 1.165) is 12.1 Å². The van der Waals surface area contributed by atoms with Gasteiger partial charge in [-0.05, 0) is 28.1 Å². The summed E-state index contributed by atoms with van der Waals surface area (Å²) in [6.07, 6.45) is 0. The van der Waals surface area contributed by atoms with Crippen LogP contribution in [0.1, 0.15) is 0 Å². The monoisotopic (exact) mass is 226 g/mol. The second kappa shape index (κ2) is 2.84. The number of benzene rings is 1. The summed E-state index contributed by atoms with van der Waals surface area (Å²) in [7, 11) is 0. The first-order valence-corrected chi connectivity index (χ1v) is 3.58. The predicted octanol–water partition coefficient (Wildman–Crippen LogP) is 3.38. The predicted molar refractivity (Wildman–Crippen MR) is 39.1 cm³/mol. The van der Waals surface area contributed by atoms with Crippen LogP contribution < -0.4 is 0 Å². The molecule has 0 spiro atoms. The Hall–Kier alpha value is -0.150. The first-order chi connectivity index (χ1) is 4.61. The van der Waals surface area contributed by atoms with Crippen molar-refractivity contribution >= 4 is 27.5 Å². The molecule has 0 aromatic heterocycles. The van der Waals surface area contributed by atoms with Crippen molar-refractivity contribution in [2.24, 2.45) is 0 Å². The van der Waals surface area contributed by atoms with Gasteiger partial charge in [-0.1, -0.05) is 11.6 Å². The van der Waals surface area contributed by atoms with E-state index < -0.39 is 11.6 Å². The Morgan fingerprint density at radius 1 is 1.20 bits per heavy atom. The molecule has 10 heavy (non-hydrogen) atoms. The van der Waals surface area contributed by atoms with Gasteiger partial charge in [0.25, 0.3) is 0 Å². The summed E-state index contributed by atoms with van der Waals surface area (Å²) in [6, 6.07) is 1.90. The third-order valence-electron chi connectivity index (χ3n) is 0.963. The van der Waals surface area contributed by atoms with Crippen molar-refractivity contribution in [3.8, 4) is 0 Å². The van der Waals surface area contributed by atoms with Gasteiger partial charge >= 0.3 is 0 Å². The molecule has 4 heteroatoms. The highest BCUT2D eigenvalue weighted by molar-refractivity contribution is 9.10. The van der Waals surface area contributed by atoms with Crippen LogP contribution in [0.25, 0.3) is 0 Å². The summed E-state index contributed by atoms with van der Waals surface area (Å²) in [4.78, 5) is 0.